The molecule has 0 aliphatic heterocycles. The molecule has 0 fully saturated rings. The van der Waals surface area contributed by atoms with Crippen molar-refractivity contribution in [3.05, 3.63) is 37.0 Å². The molecule has 0 aromatic carbocycles. The average Bonchev–Trinajstić information content (AvgIpc) is 1.77. The number of aryl methyl sites for hydroxylation is 1. The van der Waals surface area contributed by atoms with Gasteiger partial charge in [0.05, 0.1) is 0 Å². The Morgan fingerprint density at radius 2 is 2.25 bits per heavy atom. The summed E-state index contributed by atoms with van der Waals surface area (Å²) < 4.78 is 1.97. The molecule has 0 atom stereocenters. The highest BCUT2D eigenvalue weighted by molar-refractivity contribution is 4.99. The van der Waals surface area contributed by atoms with Crippen LogP contribution in [-0.4, -0.2) is 0 Å². The highest BCUT2D eigenvalue weighted by Crippen LogP contribution is 1.83. The topological polar surface area (TPSA) is 3.88 Å². The minimum atomic E-state index is 1.03. The van der Waals surface area contributed by atoms with Crippen LogP contribution in [0.25, 0.3) is 0 Å². The predicted molar refractivity (Wildman–Crippen MR) is 32.1 cm³/mol. The summed E-state index contributed by atoms with van der Waals surface area (Å²) in [6, 6.07) is 5.93. The van der Waals surface area contributed by atoms with Gasteiger partial charge in [-0.2, -0.15) is 0 Å². The molecule has 0 amide bonds. The Balaban J connectivity index is 3.13. The van der Waals surface area contributed by atoms with Gasteiger partial charge in [0.1, 0.15) is 7.05 Å². The highest BCUT2D eigenvalue weighted by Gasteiger charge is 1.92. The lowest BCUT2D eigenvalue weighted by molar-refractivity contribution is -0.675. The number of nitrogens with zero attached hydrogens (tertiary/aromatic N) is 1. The van der Waals surface area contributed by atoms with E-state index < -0.39 is 0 Å². The van der Waals surface area contributed by atoms with E-state index in [1.54, 1.807) is 0 Å². The first-order valence-corrected chi connectivity index (χ1v) is 2.57. The Labute approximate surface area is 49.6 Å². The Kier molecular flexibility index (Phi) is 1.29. The normalized spacial score (nSPS) is 9.25. The van der Waals surface area contributed by atoms with Gasteiger partial charge < -0.3 is 0 Å². The van der Waals surface area contributed by atoms with E-state index in [1.807, 2.05) is 36.0 Å². The summed E-state index contributed by atoms with van der Waals surface area (Å²) in [5, 5.41) is 0. The number of hydrogen-bond acceptors (Lipinski definition) is 0. The van der Waals surface area contributed by atoms with Gasteiger partial charge in [0.25, 0.3) is 0 Å². The van der Waals surface area contributed by atoms with E-state index in [9.17, 15) is 0 Å². The van der Waals surface area contributed by atoms with Crippen LogP contribution in [0.2, 0.25) is 0 Å². The van der Waals surface area contributed by atoms with Gasteiger partial charge in [0.15, 0.2) is 11.9 Å². The number of hydrogen-bond donors (Lipinski definition) is 0. The molecule has 41 valence electrons. The van der Waals surface area contributed by atoms with Crippen LogP contribution in [0.1, 0.15) is 5.69 Å². The molecule has 1 aromatic rings. The molecule has 0 aliphatic rings. The molecule has 1 heterocycles. The van der Waals surface area contributed by atoms with E-state index in [0.29, 0.717) is 0 Å². The van der Waals surface area contributed by atoms with E-state index >= 15 is 0 Å². The average molecular weight is 107 g/mol. The SMILES string of the molecule is [CH2]c1cccc[n+]1C. The van der Waals surface area contributed by atoms with Gasteiger partial charge in [-0.25, -0.2) is 4.57 Å². The first-order chi connectivity index (χ1) is 3.80. The number of pyridine rings is 1. The second kappa shape index (κ2) is 1.95. The fraction of sp³-hybridized carbons (Fsp3) is 0.143. The van der Waals surface area contributed by atoms with Gasteiger partial charge in [-0.15, -0.1) is 0 Å². The number of aromatic nitrogens is 1. The van der Waals surface area contributed by atoms with Crippen LogP contribution in [0.3, 0.4) is 0 Å². The van der Waals surface area contributed by atoms with Crippen LogP contribution in [-0.2, 0) is 7.05 Å². The molecule has 8 heavy (non-hydrogen) atoms. The fourth-order valence-corrected chi connectivity index (χ4v) is 0.559. The zero-order chi connectivity index (χ0) is 5.98. The molecular formula is C7H9N+. The molecule has 0 saturated carbocycles. The van der Waals surface area contributed by atoms with Gasteiger partial charge >= 0.3 is 0 Å². The van der Waals surface area contributed by atoms with Crippen LogP contribution in [0.5, 0.6) is 0 Å². The van der Waals surface area contributed by atoms with Crippen molar-refractivity contribution >= 4 is 0 Å². The molecule has 0 saturated heterocycles. The summed E-state index contributed by atoms with van der Waals surface area (Å²) in [6.45, 7) is 3.78. The van der Waals surface area contributed by atoms with Gasteiger partial charge in [-0.1, -0.05) is 6.07 Å². The van der Waals surface area contributed by atoms with Crippen LogP contribution >= 0.6 is 0 Å². The smallest absolute Gasteiger partial charge is 0.181 e. The minimum Gasteiger partial charge on any atom is -0.205 e. The van der Waals surface area contributed by atoms with Crippen LogP contribution < -0.4 is 4.57 Å². The second-order valence-electron chi connectivity index (χ2n) is 1.80. The molecule has 1 radical (unpaired) electrons. The van der Waals surface area contributed by atoms with Crippen LogP contribution in [0.15, 0.2) is 24.4 Å². The van der Waals surface area contributed by atoms with Crippen molar-refractivity contribution in [3.8, 4) is 0 Å². The first kappa shape index (κ1) is 5.29. The summed E-state index contributed by atoms with van der Waals surface area (Å²) in [4.78, 5) is 0. The maximum Gasteiger partial charge on any atom is 0.181 e. The molecular weight excluding hydrogens is 98.1 g/mol. The van der Waals surface area contributed by atoms with Crippen molar-refractivity contribution in [1.29, 1.82) is 0 Å². The van der Waals surface area contributed by atoms with E-state index in [0.717, 1.165) is 5.69 Å². The zero-order valence-corrected chi connectivity index (χ0v) is 4.96. The summed E-state index contributed by atoms with van der Waals surface area (Å²) in [7, 11) is 1.97. The molecule has 0 spiro atoms. The predicted octanol–water partition coefficient (Wildman–Crippen LogP) is 0.693. The van der Waals surface area contributed by atoms with Gasteiger partial charge in [-0.3, -0.25) is 0 Å². The minimum absolute atomic E-state index is 1.03. The maximum atomic E-state index is 3.78. The van der Waals surface area contributed by atoms with Crippen LogP contribution in [0.4, 0.5) is 0 Å². The highest BCUT2D eigenvalue weighted by atomic mass is 14.9. The summed E-state index contributed by atoms with van der Waals surface area (Å²) in [5.41, 5.74) is 1.03. The van der Waals surface area contributed by atoms with Gasteiger partial charge in [-0.05, 0) is 0 Å². The Morgan fingerprint density at radius 3 is 2.62 bits per heavy atom. The van der Waals surface area contributed by atoms with Gasteiger partial charge in [0.2, 0.25) is 0 Å². The van der Waals surface area contributed by atoms with Crippen molar-refractivity contribution in [2.75, 3.05) is 0 Å². The Morgan fingerprint density at radius 1 is 1.50 bits per heavy atom. The van der Waals surface area contributed by atoms with Crippen molar-refractivity contribution in [3.63, 3.8) is 0 Å². The van der Waals surface area contributed by atoms with E-state index in [2.05, 4.69) is 6.92 Å². The Bertz CT molecular complexity index is 160. The summed E-state index contributed by atoms with van der Waals surface area (Å²) >= 11 is 0. The lowest BCUT2D eigenvalue weighted by Crippen LogP contribution is -2.30. The van der Waals surface area contributed by atoms with E-state index in [1.165, 1.54) is 0 Å². The number of rotatable bonds is 0. The lowest BCUT2D eigenvalue weighted by atomic mass is 10.4. The largest absolute Gasteiger partial charge is 0.205 e. The molecule has 1 aromatic heterocycles. The van der Waals surface area contributed by atoms with Crippen molar-refractivity contribution in [2.24, 2.45) is 7.05 Å². The first-order valence-electron chi connectivity index (χ1n) is 2.57. The third-order valence-corrected chi connectivity index (χ3v) is 1.16. The summed E-state index contributed by atoms with van der Waals surface area (Å²) in [6.07, 6.45) is 1.97. The molecule has 1 heteroatoms. The van der Waals surface area contributed by atoms with Crippen molar-refractivity contribution in [2.45, 2.75) is 0 Å². The molecule has 1 rings (SSSR count). The third kappa shape index (κ3) is 0.861. The third-order valence-electron chi connectivity index (χ3n) is 1.16. The maximum absolute atomic E-state index is 3.78. The summed E-state index contributed by atoms with van der Waals surface area (Å²) in [5.74, 6) is 0. The zero-order valence-electron chi connectivity index (χ0n) is 4.96. The van der Waals surface area contributed by atoms with Crippen LogP contribution in [0, 0.1) is 6.92 Å². The fourth-order valence-electron chi connectivity index (χ4n) is 0.559. The van der Waals surface area contributed by atoms with Crippen molar-refractivity contribution < 1.29 is 4.57 Å². The van der Waals surface area contributed by atoms with Gasteiger partial charge in [0, 0.05) is 19.1 Å². The van der Waals surface area contributed by atoms with E-state index in [4.69, 9.17) is 0 Å². The van der Waals surface area contributed by atoms with E-state index in [-0.39, 0.29) is 0 Å². The molecule has 0 aliphatic carbocycles. The molecule has 0 bridgehead atoms. The monoisotopic (exact) mass is 107 g/mol. The lowest BCUT2D eigenvalue weighted by Gasteiger charge is -1.87. The standard InChI is InChI=1S/C7H9N/c1-7-5-3-4-6-8(7)2/h3-6H,1H2,2H3/q+1. The quantitative estimate of drug-likeness (QED) is 0.429. The molecule has 0 N–H and O–H groups in total. The molecule has 1 nitrogen and oxygen atoms in total. The molecule has 0 unspecified atom stereocenters. The Hall–Kier alpha value is -0.850. The second-order valence-corrected chi connectivity index (χ2v) is 1.80. The van der Waals surface area contributed by atoms with Crippen molar-refractivity contribution in [1.82, 2.24) is 0 Å².